The molecule has 4 heteroatoms. The average Bonchev–Trinajstić information content (AvgIpc) is 2.06. The van der Waals surface area contributed by atoms with Crippen LogP contribution in [0.2, 0.25) is 0 Å². The van der Waals surface area contributed by atoms with Crippen molar-refractivity contribution in [3.05, 3.63) is 0 Å². The summed E-state index contributed by atoms with van der Waals surface area (Å²) in [5, 5.41) is 20.1. The maximum absolute atomic E-state index is 8.63. The zero-order chi connectivity index (χ0) is 8.32. The predicted octanol–water partition coefficient (Wildman–Crippen LogP) is 0.612. The van der Waals surface area contributed by atoms with E-state index in [2.05, 4.69) is 11.2 Å². The SMILES string of the molecule is N#CC1(N)CCC(=NO)CC1. The van der Waals surface area contributed by atoms with Gasteiger partial charge in [0.2, 0.25) is 0 Å². The second-order valence-corrected chi connectivity index (χ2v) is 2.93. The van der Waals surface area contributed by atoms with Crippen LogP contribution in [-0.4, -0.2) is 16.5 Å². The molecule has 0 spiro atoms. The van der Waals surface area contributed by atoms with Gasteiger partial charge in [-0.2, -0.15) is 5.26 Å². The van der Waals surface area contributed by atoms with Crippen molar-refractivity contribution in [2.45, 2.75) is 31.2 Å². The van der Waals surface area contributed by atoms with Gasteiger partial charge in [-0.05, 0) is 25.7 Å². The average molecular weight is 153 g/mol. The highest BCUT2D eigenvalue weighted by atomic mass is 16.4. The summed E-state index contributed by atoms with van der Waals surface area (Å²) < 4.78 is 0. The fourth-order valence-electron chi connectivity index (χ4n) is 1.20. The predicted molar refractivity (Wildman–Crippen MR) is 40.2 cm³/mol. The van der Waals surface area contributed by atoms with E-state index in [1.807, 2.05) is 0 Å². The van der Waals surface area contributed by atoms with Gasteiger partial charge < -0.3 is 10.9 Å². The van der Waals surface area contributed by atoms with Crippen molar-refractivity contribution < 1.29 is 5.21 Å². The van der Waals surface area contributed by atoms with Gasteiger partial charge in [0.05, 0.1) is 11.8 Å². The van der Waals surface area contributed by atoms with Crippen LogP contribution in [0.15, 0.2) is 5.16 Å². The molecule has 11 heavy (non-hydrogen) atoms. The molecule has 0 amide bonds. The van der Waals surface area contributed by atoms with Crippen LogP contribution in [0.4, 0.5) is 0 Å². The fraction of sp³-hybridized carbons (Fsp3) is 0.714. The number of hydrogen-bond donors (Lipinski definition) is 2. The van der Waals surface area contributed by atoms with Crippen LogP contribution >= 0.6 is 0 Å². The molecular weight excluding hydrogens is 142 g/mol. The number of rotatable bonds is 0. The topological polar surface area (TPSA) is 82.4 Å². The summed E-state index contributed by atoms with van der Waals surface area (Å²) in [6.45, 7) is 0. The molecule has 60 valence electrons. The lowest BCUT2D eigenvalue weighted by atomic mass is 9.83. The van der Waals surface area contributed by atoms with Gasteiger partial charge in [0, 0.05) is 0 Å². The second-order valence-electron chi connectivity index (χ2n) is 2.93. The van der Waals surface area contributed by atoms with E-state index < -0.39 is 5.54 Å². The Balaban J connectivity index is 2.56. The fourth-order valence-corrected chi connectivity index (χ4v) is 1.20. The largest absolute Gasteiger partial charge is 0.411 e. The minimum Gasteiger partial charge on any atom is -0.411 e. The van der Waals surface area contributed by atoms with Crippen molar-refractivity contribution in [3.63, 3.8) is 0 Å². The zero-order valence-electron chi connectivity index (χ0n) is 6.25. The van der Waals surface area contributed by atoms with Crippen molar-refractivity contribution in [1.82, 2.24) is 0 Å². The molecule has 0 aromatic carbocycles. The zero-order valence-corrected chi connectivity index (χ0v) is 6.25. The highest BCUT2D eigenvalue weighted by Crippen LogP contribution is 2.23. The number of oxime groups is 1. The Kier molecular flexibility index (Phi) is 2.11. The van der Waals surface area contributed by atoms with E-state index in [1.54, 1.807) is 0 Å². The van der Waals surface area contributed by atoms with Gasteiger partial charge >= 0.3 is 0 Å². The Bertz CT molecular complexity index is 206. The number of hydrogen-bond acceptors (Lipinski definition) is 4. The summed E-state index contributed by atoms with van der Waals surface area (Å²) in [7, 11) is 0. The Morgan fingerprint density at radius 1 is 1.55 bits per heavy atom. The van der Waals surface area contributed by atoms with E-state index in [1.165, 1.54) is 0 Å². The number of nitriles is 1. The molecule has 0 saturated heterocycles. The van der Waals surface area contributed by atoms with Crippen molar-refractivity contribution in [1.29, 1.82) is 5.26 Å². The highest BCUT2D eigenvalue weighted by Gasteiger charge is 2.29. The van der Waals surface area contributed by atoms with Crippen LogP contribution < -0.4 is 5.73 Å². The van der Waals surface area contributed by atoms with Gasteiger partial charge in [0.1, 0.15) is 5.54 Å². The summed E-state index contributed by atoms with van der Waals surface area (Å²) in [4.78, 5) is 0. The first-order chi connectivity index (χ1) is 5.20. The summed E-state index contributed by atoms with van der Waals surface area (Å²) in [5.41, 5.74) is 5.74. The molecule has 1 fully saturated rings. The minimum absolute atomic E-state index is 0.600. The molecule has 0 aliphatic heterocycles. The van der Waals surface area contributed by atoms with Crippen LogP contribution in [0, 0.1) is 11.3 Å². The summed E-state index contributed by atoms with van der Waals surface area (Å²) >= 11 is 0. The van der Waals surface area contributed by atoms with E-state index in [0.29, 0.717) is 25.7 Å². The van der Waals surface area contributed by atoms with E-state index in [0.717, 1.165) is 5.71 Å². The summed E-state index contributed by atoms with van der Waals surface area (Å²) in [5.74, 6) is 0. The Labute approximate surface area is 65.3 Å². The Morgan fingerprint density at radius 2 is 2.09 bits per heavy atom. The molecule has 0 aromatic rings. The molecule has 1 rings (SSSR count). The first-order valence-electron chi connectivity index (χ1n) is 3.60. The standard InChI is InChI=1S/C7H11N3O/c8-5-7(9)3-1-6(10-11)2-4-7/h11H,1-4,9H2. The second kappa shape index (κ2) is 2.89. The quantitative estimate of drug-likeness (QED) is 0.395. The smallest absolute Gasteiger partial charge is 0.105 e. The Hall–Kier alpha value is -1.08. The van der Waals surface area contributed by atoms with E-state index in [-0.39, 0.29) is 0 Å². The van der Waals surface area contributed by atoms with Crippen molar-refractivity contribution in [3.8, 4) is 6.07 Å². The molecule has 1 aliphatic rings. The van der Waals surface area contributed by atoms with E-state index in [9.17, 15) is 0 Å². The molecule has 0 unspecified atom stereocenters. The number of nitrogens with two attached hydrogens (primary N) is 1. The van der Waals surface area contributed by atoms with E-state index >= 15 is 0 Å². The first kappa shape index (κ1) is 8.02. The third kappa shape index (κ3) is 1.69. The number of nitrogens with zero attached hydrogens (tertiary/aromatic N) is 2. The maximum atomic E-state index is 8.63. The van der Waals surface area contributed by atoms with Gasteiger partial charge in [-0.15, -0.1) is 0 Å². The molecule has 0 radical (unpaired) electrons. The molecule has 1 aliphatic carbocycles. The molecule has 0 aromatic heterocycles. The summed E-state index contributed by atoms with van der Waals surface area (Å²) in [6.07, 6.45) is 2.48. The third-order valence-electron chi connectivity index (χ3n) is 2.08. The highest BCUT2D eigenvalue weighted by molar-refractivity contribution is 5.85. The van der Waals surface area contributed by atoms with Gasteiger partial charge in [0.15, 0.2) is 0 Å². The lowest BCUT2D eigenvalue weighted by molar-refractivity contribution is 0.311. The normalized spacial score (nSPS) is 31.1. The van der Waals surface area contributed by atoms with Crippen molar-refractivity contribution >= 4 is 5.71 Å². The summed E-state index contributed by atoms with van der Waals surface area (Å²) in [6, 6.07) is 2.07. The molecular formula is C7H11N3O. The van der Waals surface area contributed by atoms with Gasteiger partial charge in [-0.25, -0.2) is 0 Å². The Morgan fingerprint density at radius 3 is 2.45 bits per heavy atom. The van der Waals surface area contributed by atoms with Gasteiger partial charge in [0.25, 0.3) is 0 Å². The van der Waals surface area contributed by atoms with Crippen molar-refractivity contribution in [2.24, 2.45) is 10.9 Å². The monoisotopic (exact) mass is 153 g/mol. The molecule has 0 heterocycles. The van der Waals surface area contributed by atoms with Crippen molar-refractivity contribution in [2.75, 3.05) is 0 Å². The molecule has 3 N–H and O–H groups in total. The first-order valence-corrected chi connectivity index (χ1v) is 3.60. The van der Waals surface area contributed by atoms with Crippen LogP contribution in [0.5, 0.6) is 0 Å². The lowest BCUT2D eigenvalue weighted by Gasteiger charge is -2.26. The molecule has 1 saturated carbocycles. The van der Waals surface area contributed by atoms with Crippen LogP contribution in [0.3, 0.4) is 0 Å². The molecule has 0 atom stereocenters. The lowest BCUT2D eigenvalue weighted by Crippen LogP contribution is -2.41. The van der Waals surface area contributed by atoms with Gasteiger partial charge in [-0.1, -0.05) is 5.16 Å². The molecule has 4 nitrogen and oxygen atoms in total. The third-order valence-corrected chi connectivity index (χ3v) is 2.08. The van der Waals surface area contributed by atoms with Crippen LogP contribution in [0.25, 0.3) is 0 Å². The van der Waals surface area contributed by atoms with Crippen LogP contribution in [0.1, 0.15) is 25.7 Å². The van der Waals surface area contributed by atoms with Gasteiger partial charge in [-0.3, -0.25) is 0 Å². The minimum atomic E-state index is -0.686. The molecule has 0 bridgehead atoms. The van der Waals surface area contributed by atoms with E-state index in [4.69, 9.17) is 16.2 Å². The van der Waals surface area contributed by atoms with Crippen LogP contribution in [-0.2, 0) is 0 Å². The maximum Gasteiger partial charge on any atom is 0.105 e.